The zero-order valence-electron chi connectivity index (χ0n) is 17.4. The van der Waals surface area contributed by atoms with Crippen molar-refractivity contribution in [3.05, 3.63) is 35.2 Å². The summed E-state index contributed by atoms with van der Waals surface area (Å²) in [6.45, 7) is 7.37. The van der Waals surface area contributed by atoms with Gasteiger partial charge in [0.2, 0.25) is 11.7 Å². The van der Waals surface area contributed by atoms with Crippen molar-refractivity contribution in [3.8, 4) is 11.4 Å². The fraction of sp³-hybridized carbons (Fsp3) is 0.571. The molecule has 1 unspecified atom stereocenters. The van der Waals surface area contributed by atoms with Crippen LogP contribution in [0.4, 0.5) is 0 Å². The zero-order valence-corrected chi connectivity index (χ0v) is 18.2. The average Bonchev–Trinajstić information content (AvgIpc) is 3.43. The molecule has 0 spiro atoms. The highest BCUT2D eigenvalue weighted by Gasteiger charge is 2.15. The molecule has 1 aromatic heterocycles. The first-order chi connectivity index (χ1) is 14.7. The fourth-order valence-electron chi connectivity index (χ4n) is 3.05. The maximum absolute atomic E-state index is 6.02. The Morgan fingerprint density at radius 2 is 2.30 bits per heavy atom. The van der Waals surface area contributed by atoms with Gasteiger partial charge in [0, 0.05) is 55.8 Å². The Balaban J connectivity index is 1.36. The number of hydrogen-bond donors (Lipinski definition) is 2. The van der Waals surface area contributed by atoms with Gasteiger partial charge in [-0.1, -0.05) is 28.9 Å². The smallest absolute Gasteiger partial charge is 0.228 e. The zero-order chi connectivity index (χ0) is 21.0. The number of aliphatic imine (C=N–C) groups is 1. The minimum Gasteiger partial charge on any atom is -0.381 e. The van der Waals surface area contributed by atoms with Crippen LogP contribution in [0.3, 0.4) is 0 Å². The van der Waals surface area contributed by atoms with E-state index in [1.54, 1.807) is 0 Å². The second-order valence-corrected chi connectivity index (χ2v) is 7.55. The lowest BCUT2D eigenvalue weighted by molar-refractivity contribution is 0.0893. The second-order valence-electron chi connectivity index (χ2n) is 7.12. The van der Waals surface area contributed by atoms with Gasteiger partial charge in [-0.15, -0.1) is 0 Å². The number of halogens is 1. The molecule has 9 heteroatoms. The van der Waals surface area contributed by atoms with Crippen LogP contribution < -0.4 is 10.6 Å². The molecule has 3 rings (SSSR count). The van der Waals surface area contributed by atoms with Crippen molar-refractivity contribution in [2.45, 2.75) is 26.2 Å². The molecule has 2 aromatic rings. The Morgan fingerprint density at radius 3 is 3.10 bits per heavy atom. The Hall–Kier alpha value is -2.16. The van der Waals surface area contributed by atoms with E-state index in [0.29, 0.717) is 48.8 Å². The standard InChI is InChI=1S/C21H30ClN5O3/c1-2-23-21(24-9-4-11-28-14-16-8-12-29-15-16)25-10-7-19-26-20(27-30-19)17-5-3-6-18(22)13-17/h3,5-6,13,16H,2,4,7-12,14-15H2,1H3,(H2,23,24,25). The summed E-state index contributed by atoms with van der Waals surface area (Å²) >= 11 is 6.02. The summed E-state index contributed by atoms with van der Waals surface area (Å²) < 4.78 is 16.4. The molecule has 0 saturated carbocycles. The average molecular weight is 436 g/mol. The van der Waals surface area contributed by atoms with Crippen molar-refractivity contribution >= 4 is 17.6 Å². The molecule has 1 fully saturated rings. The lowest BCUT2D eigenvalue weighted by Crippen LogP contribution is -2.38. The number of ether oxygens (including phenoxy) is 2. The molecule has 2 heterocycles. The van der Waals surface area contributed by atoms with Gasteiger partial charge in [-0.05, 0) is 31.9 Å². The molecule has 0 aliphatic carbocycles. The van der Waals surface area contributed by atoms with E-state index >= 15 is 0 Å². The first kappa shape index (κ1) is 22.5. The SMILES string of the molecule is CCNC(=NCCCOCC1CCOC1)NCCc1nc(-c2cccc(Cl)c2)no1. The summed E-state index contributed by atoms with van der Waals surface area (Å²) in [5.41, 5.74) is 0.836. The van der Waals surface area contributed by atoms with Crippen LogP contribution in [0, 0.1) is 5.92 Å². The van der Waals surface area contributed by atoms with E-state index in [9.17, 15) is 0 Å². The molecule has 1 atom stereocenters. The summed E-state index contributed by atoms with van der Waals surface area (Å²) in [6, 6.07) is 7.40. The Morgan fingerprint density at radius 1 is 1.37 bits per heavy atom. The lowest BCUT2D eigenvalue weighted by atomic mass is 10.1. The second kappa shape index (κ2) is 12.5. The molecule has 0 radical (unpaired) electrons. The van der Waals surface area contributed by atoms with E-state index in [4.69, 9.17) is 25.6 Å². The van der Waals surface area contributed by atoms with Crippen molar-refractivity contribution < 1.29 is 14.0 Å². The summed E-state index contributed by atoms with van der Waals surface area (Å²) in [4.78, 5) is 9.02. The number of rotatable bonds is 11. The van der Waals surface area contributed by atoms with Crippen LogP contribution in [0.2, 0.25) is 5.02 Å². The molecular formula is C21H30ClN5O3. The van der Waals surface area contributed by atoms with Gasteiger partial charge in [-0.2, -0.15) is 4.98 Å². The molecule has 0 amide bonds. The third-order valence-electron chi connectivity index (χ3n) is 4.62. The van der Waals surface area contributed by atoms with Crippen LogP contribution >= 0.6 is 11.6 Å². The minimum atomic E-state index is 0.539. The predicted molar refractivity (Wildman–Crippen MR) is 117 cm³/mol. The minimum absolute atomic E-state index is 0.539. The van der Waals surface area contributed by atoms with Crippen LogP contribution in [0.1, 0.15) is 25.7 Å². The first-order valence-corrected chi connectivity index (χ1v) is 10.9. The topological polar surface area (TPSA) is 93.8 Å². The molecule has 164 valence electrons. The maximum Gasteiger partial charge on any atom is 0.228 e. The lowest BCUT2D eigenvalue weighted by Gasteiger charge is -2.11. The highest BCUT2D eigenvalue weighted by atomic mass is 35.5. The van der Waals surface area contributed by atoms with Crippen molar-refractivity contribution in [2.75, 3.05) is 46.1 Å². The van der Waals surface area contributed by atoms with Crippen LogP contribution in [-0.2, 0) is 15.9 Å². The van der Waals surface area contributed by atoms with Gasteiger partial charge in [-0.3, -0.25) is 4.99 Å². The highest BCUT2D eigenvalue weighted by molar-refractivity contribution is 6.30. The van der Waals surface area contributed by atoms with E-state index in [1.807, 2.05) is 31.2 Å². The van der Waals surface area contributed by atoms with Gasteiger partial charge in [-0.25, -0.2) is 0 Å². The van der Waals surface area contributed by atoms with Crippen LogP contribution in [-0.4, -0.2) is 62.2 Å². The number of hydrogen-bond acceptors (Lipinski definition) is 6. The van der Waals surface area contributed by atoms with Crippen LogP contribution in [0.25, 0.3) is 11.4 Å². The van der Waals surface area contributed by atoms with Crippen molar-refractivity contribution in [1.29, 1.82) is 0 Å². The molecular weight excluding hydrogens is 406 g/mol. The molecule has 30 heavy (non-hydrogen) atoms. The van der Waals surface area contributed by atoms with Gasteiger partial charge in [0.15, 0.2) is 5.96 Å². The van der Waals surface area contributed by atoms with E-state index < -0.39 is 0 Å². The molecule has 1 aromatic carbocycles. The number of benzene rings is 1. The Bertz CT molecular complexity index is 792. The number of nitrogens with zero attached hydrogens (tertiary/aromatic N) is 3. The number of guanidine groups is 1. The maximum atomic E-state index is 6.02. The molecule has 1 saturated heterocycles. The van der Waals surface area contributed by atoms with Crippen molar-refractivity contribution in [2.24, 2.45) is 10.9 Å². The molecule has 1 aliphatic rings. The molecule has 2 N–H and O–H groups in total. The third kappa shape index (κ3) is 7.59. The van der Waals surface area contributed by atoms with Gasteiger partial charge in [0.25, 0.3) is 0 Å². The molecule has 8 nitrogen and oxygen atoms in total. The summed E-state index contributed by atoms with van der Waals surface area (Å²) in [5, 5.41) is 11.2. The predicted octanol–water partition coefficient (Wildman–Crippen LogP) is 2.93. The Kier molecular flexibility index (Phi) is 9.40. The Labute approximate surface area is 182 Å². The van der Waals surface area contributed by atoms with Gasteiger partial charge >= 0.3 is 0 Å². The fourth-order valence-corrected chi connectivity index (χ4v) is 3.24. The van der Waals surface area contributed by atoms with Gasteiger partial charge in [0.05, 0.1) is 13.2 Å². The first-order valence-electron chi connectivity index (χ1n) is 10.5. The van der Waals surface area contributed by atoms with Gasteiger partial charge in [0.1, 0.15) is 0 Å². The van der Waals surface area contributed by atoms with E-state index in [0.717, 1.165) is 50.7 Å². The van der Waals surface area contributed by atoms with Gasteiger partial charge < -0.3 is 24.6 Å². The summed E-state index contributed by atoms with van der Waals surface area (Å²) in [5.74, 6) is 2.43. The van der Waals surface area contributed by atoms with Crippen LogP contribution in [0.15, 0.2) is 33.8 Å². The normalized spacial score (nSPS) is 16.7. The monoisotopic (exact) mass is 435 g/mol. The molecule has 0 bridgehead atoms. The van der Waals surface area contributed by atoms with E-state index in [-0.39, 0.29) is 0 Å². The van der Waals surface area contributed by atoms with Crippen molar-refractivity contribution in [1.82, 2.24) is 20.8 Å². The highest BCUT2D eigenvalue weighted by Crippen LogP contribution is 2.19. The van der Waals surface area contributed by atoms with E-state index in [2.05, 4.69) is 25.8 Å². The van der Waals surface area contributed by atoms with Crippen molar-refractivity contribution in [3.63, 3.8) is 0 Å². The van der Waals surface area contributed by atoms with E-state index in [1.165, 1.54) is 0 Å². The summed E-state index contributed by atoms with van der Waals surface area (Å²) in [6.07, 6.45) is 2.59. The third-order valence-corrected chi connectivity index (χ3v) is 4.86. The number of aromatic nitrogens is 2. The summed E-state index contributed by atoms with van der Waals surface area (Å²) in [7, 11) is 0. The van der Waals surface area contributed by atoms with Crippen LogP contribution in [0.5, 0.6) is 0 Å². The number of nitrogens with one attached hydrogen (secondary N) is 2. The molecule has 1 aliphatic heterocycles. The quantitative estimate of drug-likeness (QED) is 0.318. The largest absolute Gasteiger partial charge is 0.381 e.